The fraction of sp³-hybridized carbons (Fsp3) is 0.190. The molecule has 239 valence electrons. The van der Waals surface area contributed by atoms with Crippen molar-refractivity contribution in [2.75, 3.05) is 0 Å². The van der Waals surface area contributed by atoms with Crippen LogP contribution in [0.2, 0.25) is 19.6 Å². The number of benzene rings is 4. The molecule has 0 fully saturated rings. The zero-order chi connectivity index (χ0) is 32.3. The van der Waals surface area contributed by atoms with Crippen LogP contribution in [0.3, 0.4) is 0 Å². The normalized spacial score (nSPS) is 12.0. The van der Waals surface area contributed by atoms with Crippen LogP contribution < -0.4 is 5.19 Å². The predicted molar refractivity (Wildman–Crippen MR) is 202 cm³/mol. The molecule has 0 aliphatic heterocycles. The molecule has 1 unspecified atom stereocenters. The molecular weight excluding hydrogens is 785 g/mol. The van der Waals surface area contributed by atoms with Crippen molar-refractivity contribution >= 4 is 44.8 Å². The van der Waals surface area contributed by atoms with Crippen molar-refractivity contribution in [1.82, 2.24) is 9.97 Å². The number of aromatic nitrogens is 2. The van der Waals surface area contributed by atoms with E-state index in [1.165, 1.54) is 42.0 Å². The summed E-state index contributed by atoms with van der Waals surface area (Å²) in [5.41, 5.74) is 8.02. The van der Waals surface area contributed by atoms with Crippen molar-refractivity contribution in [2.24, 2.45) is 5.92 Å². The summed E-state index contributed by atoms with van der Waals surface area (Å²) >= 11 is 1.84. The zero-order valence-corrected chi connectivity index (χ0v) is 32.0. The second-order valence-electron chi connectivity index (χ2n) is 13.2. The number of fused-ring (bicyclic) bond motifs is 3. The summed E-state index contributed by atoms with van der Waals surface area (Å²) in [5.74, 6) is 1.10. The Kier molecular flexibility index (Phi) is 11.0. The number of rotatable bonds is 6. The van der Waals surface area contributed by atoms with Crippen molar-refractivity contribution in [2.45, 2.75) is 46.3 Å². The molecule has 2 nitrogen and oxygen atoms in total. The molecule has 7 aromatic rings. The Labute approximate surface area is 298 Å². The van der Waals surface area contributed by atoms with Gasteiger partial charge in [-0.25, -0.2) is 0 Å². The number of thiophene rings is 1. The van der Waals surface area contributed by atoms with Gasteiger partial charge in [-0.2, -0.15) is 11.3 Å². The van der Waals surface area contributed by atoms with Crippen LogP contribution in [0.4, 0.5) is 0 Å². The van der Waals surface area contributed by atoms with Gasteiger partial charge in [0.2, 0.25) is 0 Å². The van der Waals surface area contributed by atoms with Crippen molar-refractivity contribution in [3.63, 3.8) is 0 Å². The van der Waals surface area contributed by atoms with Gasteiger partial charge in [0, 0.05) is 37.2 Å². The Morgan fingerprint density at radius 2 is 1.47 bits per heavy atom. The third-order valence-electron chi connectivity index (χ3n) is 8.72. The molecule has 0 saturated carbocycles. The minimum absolute atomic E-state index is 0. The summed E-state index contributed by atoms with van der Waals surface area (Å²) < 4.78 is 2.57. The maximum atomic E-state index is 4.71. The molecular formula is C42H40IrN2SSi-2. The van der Waals surface area contributed by atoms with Gasteiger partial charge in [-0.05, 0) is 67.8 Å². The molecule has 0 amide bonds. The first-order valence-electron chi connectivity index (χ1n) is 16.0. The van der Waals surface area contributed by atoms with Crippen LogP contribution in [0, 0.1) is 18.1 Å². The minimum Gasteiger partial charge on any atom is -0.305 e. The second-order valence-corrected chi connectivity index (χ2v) is 19.4. The van der Waals surface area contributed by atoms with E-state index in [1.54, 1.807) is 0 Å². The van der Waals surface area contributed by atoms with Gasteiger partial charge in [0.15, 0.2) is 0 Å². The van der Waals surface area contributed by atoms with E-state index in [-0.39, 0.29) is 20.1 Å². The molecule has 1 radical (unpaired) electrons. The minimum atomic E-state index is -1.23. The van der Waals surface area contributed by atoms with Gasteiger partial charge >= 0.3 is 0 Å². The molecule has 3 aromatic heterocycles. The maximum Gasteiger partial charge on any atom is 0.0795 e. The smallest absolute Gasteiger partial charge is 0.0795 e. The van der Waals surface area contributed by atoms with Crippen LogP contribution in [0.25, 0.3) is 53.8 Å². The van der Waals surface area contributed by atoms with Gasteiger partial charge in [-0.15, -0.1) is 59.7 Å². The molecule has 0 aliphatic rings. The monoisotopic (exact) mass is 825 g/mol. The van der Waals surface area contributed by atoms with Crippen LogP contribution in [-0.4, -0.2) is 18.0 Å². The quantitative estimate of drug-likeness (QED) is 0.123. The van der Waals surface area contributed by atoms with E-state index in [1.807, 2.05) is 54.1 Å². The largest absolute Gasteiger partial charge is 0.305 e. The fourth-order valence-electron chi connectivity index (χ4n) is 5.54. The van der Waals surface area contributed by atoms with Crippen molar-refractivity contribution < 1.29 is 20.1 Å². The number of hydrogen-bond acceptors (Lipinski definition) is 3. The molecule has 4 aromatic carbocycles. The van der Waals surface area contributed by atoms with Gasteiger partial charge in [-0.3, -0.25) is 0 Å². The first-order chi connectivity index (χ1) is 22.2. The predicted octanol–water partition coefficient (Wildman–Crippen LogP) is 11.4. The third-order valence-corrected chi connectivity index (χ3v) is 12.0. The number of hydrogen-bond donors (Lipinski definition) is 0. The van der Waals surface area contributed by atoms with Crippen molar-refractivity contribution in [1.29, 1.82) is 0 Å². The first-order valence-corrected chi connectivity index (χ1v) is 20.3. The number of pyridine rings is 2. The van der Waals surface area contributed by atoms with Crippen molar-refractivity contribution in [3.05, 3.63) is 139 Å². The summed E-state index contributed by atoms with van der Waals surface area (Å²) in [6.07, 6.45) is 3.96. The summed E-state index contributed by atoms with van der Waals surface area (Å²) in [5, 5.41) is 3.98. The fourth-order valence-corrected chi connectivity index (χ4v) is 7.77. The second kappa shape index (κ2) is 15.0. The molecule has 47 heavy (non-hydrogen) atoms. The standard InChI is InChI=1S/C28H24NS.C14H16NSi.Ir/c1-18(2)19(3)21-14-15-29-26(17-21)24-11-7-10-23-25-16-22(20-8-5-4-6-9-20)12-13-27(25)30-28(23)24;1-16(2,3)13-9-10-14(15-11-13)12-7-5-4-6-8-12;/h4-10,12-19H,1-3H3;4-7,9-11H,1-3H3;/q2*-1;. The first kappa shape index (κ1) is 34.6. The van der Waals surface area contributed by atoms with E-state index in [2.05, 4.69) is 136 Å². The SMILES string of the molecule is CC(C)C(C)c1ccnc(-c2[c-]ccc3c2sc2ccc(-c4ccccc4)cc23)c1.C[Si](C)(C)c1ccc(-c2[c-]cccc2)nc1.[Ir]. The van der Waals surface area contributed by atoms with Crippen LogP contribution in [0.5, 0.6) is 0 Å². The van der Waals surface area contributed by atoms with E-state index in [0.29, 0.717) is 11.8 Å². The Morgan fingerprint density at radius 1 is 0.681 bits per heavy atom. The van der Waals surface area contributed by atoms with Gasteiger partial charge in [0.25, 0.3) is 0 Å². The van der Waals surface area contributed by atoms with Gasteiger partial charge in [0.05, 0.1) is 8.07 Å². The molecule has 0 saturated heterocycles. The summed E-state index contributed by atoms with van der Waals surface area (Å²) in [6, 6.07) is 44.9. The average Bonchev–Trinajstić information content (AvgIpc) is 3.47. The van der Waals surface area contributed by atoms with Crippen molar-refractivity contribution in [3.8, 4) is 33.6 Å². The molecule has 7 rings (SSSR count). The molecule has 5 heteroatoms. The number of nitrogens with zero attached hydrogens (tertiary/aromatic N) is 2. The van der Waals surface area contributed by atoms with Crippen LogP contribution in [0.15, 0.2) is 122 Å². The molecule has 3 heterocycles. The molecule has 0 bridgehead atoms. The van der Waals surface area contributed by atoms with E-state index in [0.717, 1.165) is 22.5 Å². The molecule has 0 spiro atoms. The van der Waals surface area contributed by atoms with Crippen LogP contribution in [-0.2, 0) is 20.1 Å². The van der Waals surface area contributed by atoms with E-state index in [9.17, 15) is 0 Å². The molecule has 0 aliphatic carbocycles. The Morgan fingerprint density at radius 3 is 2.15 bits per heavy atom. The maximum absolute atomic E-state index is 4.71. The average molecular weight is 825 g/mol. The Balaban J connectivity index is 0.000000217. The molecule has 1 atom stereocenters. The van der Waals surface area contributed by atoms with Crippen LogP contribution in [0.1, 0.15) is 32.3 Å². The topological polar surface area (TPSA) is 25.8 Å². The molecule has 0 N–H and O–H groups in total. The summed E-state index contributed by atoms with van der Waals surface area (Å²) in [6.45, 7) is 13.8. The Hall–Kier alpha value is -3.73. The van der Waals surface area contributed by atoms with Crippen LogP contribution >= 0.6 is 11.3 Å². The van der Waals surface area contributed by atoms with E-state index >= 15 is 0 Å². The summed E-state index contributed by atoms with van der Waals surface area (Å²) in [7, 11) is -1.23. The van der Waals surface area contributed by atoms with Gasteiger partial charge in [-0.1, -0.05) is 106 Å². The van der Waals surface area contributed by atoms with Gasteiger partial charge in [0.1, 0.15) is 0 Å². The third kappa shape index (κ3) is 7.88. The Bertz CT molecular complexity index is 2060. The summed E-state index contributed by atoms with van der Waals surface area (Å²) in [4.78, 5) is 9.23. The van der Waals surface area contributed by atoms with Gasteiger partial charge < -0.3 is 9.97 Å². The zero-order valence-electron chi connectivity index (χ0n) is 27.8. The van der Waals surface area contributed by atoms with E-state index < -0.39 is 8.07 Å². The van der Waals surface area contributed by atoms with E-state index in [4.69, 9.17) is 4.98 Å².